The molecule has 0 radical (unpaired) electrons. The lowest BCUT2D eigenvalue weighted by atomic mass is 10.0. The zero-order chi connectivity index (χ0) is 20.0. The number of amides is 1. The van der Waals surface area contributed by atoms with E-state index >= 15 is 0 Å². The van der Waals surface area contributed by atoms with Gasteiger partial charge in [-0.3, -0.25) is 9.59 Å². The van der Waals surface area contributed by atoms with Gasteiger partial charge in [0.2, 0.25) is 0 Å². The van der Waals surface area contributed by atoms with Gasteiger partial charge in [-0.2, -0.15) is 0 Å². The predicted molar refractivity (Wildman–Crippen MR) is 96.1 cm³/mol. The van der Waals surface area contributed by atoms with E-state index in [9.17, 15) is 19.2 Å². The number of esters is 3. The number of hydrogen-bond acceptors (Lipinski definition) is 7. The van der Waals surface area contributed by atoms with Crippen LogP contribution in [0.4, 0.5) is 0 Å². The van der Waals surface area contributed by atoms with Crippen LogP contribution in [0.2, 0.25) is 5.02 Å². The van der Waals surface area contributed by atoms with Crippen molar-refractivity contribution < 1.29 is 28.7 Å². The van der Waals surface area contributed by atoms with E-state index in [0.717, 1.165) is 0 Å². The van der Waals surface area contributed by atoms with E-state index in [1.165, 1.54) is 11.0 Å². The summed E-state index contributed by atoms with van der Waals surface area (Å²) in [6.45, 7) is 3.60. The molecule has 146 valence electrons. The summed E-state index contributed by atoms with van der Waals surface area (Å²) in [6.07, 6.45) is 0.00476. The average molecular weight is 397 g/mol. The lowest BCUT2D eigenvalue weighted by Gasteiger charge is -2.38. The number of ether oxygens (including phenoxy) is 2. The Morgan fingerprint density at radius 1 is 1.19 bits per heavy atom. The maximum Gasteiger partial charge on any atom is 0.333 e. The number of halogens is 1. The van der Waals surface area contributed by atoms with Crippen LogP contribution in [-0.4, -0.2) is 60.5 Å². The summed E-state index contributed by atoms with van der Waals surface area (Å²) in [5, 5.41) is 3.06. The molecule has 27 heavy (non-hydrogen) atoms. The minimum Gasteiger partial charge on any atom is -0.464 e. The summed E-state index contributed by atoms with van der Waals surface area (Å²) < 4.78 is 9.78. The minimum atomic E-state index is -1.28. The van der Waals surface area contributed by atoms with E-state index in [1.807, 2.05) is 0 Å². The normalized spacial score (nSPS) is 19.3. The van der Waals surface area contributed by atoms with Gasteiger partial charge in [0.25, 0.3) is 5.91 Å². The van der Waals surface area contributed by atoms with Crippen LogP contribution in [0.25, 0.3) is 0 Å². The molecule has 2 atom stereocenters. The van der Waals surface area contributed by atoms with E-state index in [1.54, 1.807) is 32.0 Å². The molecule has 1 heterocycles. The van der Waals surface area contributed by atoms with Gasteiger partial charge in [-0.05, 0) is 19.1 Å². The van der Waals surface area contributed by atoms with Gasteiger partial charge in [0.1, 0.15) is 6.04 Å². The molecule has 0 bridgehead atoms. The van der Waals surface area contributed by atoms with Crippen LogP contribution in [0.15, 0.2) is 24.3 Å². The minimum absolute atomic E-state index is 0.00476. The van der Waals surface area contributed by atoms with Crippen LogP contribution in [0, 0.1) is 0 Å². The van der Waals surface area contributed by atoms with E-state index in [0.29, 0.717) is 0 Å². The molecule has 1 N–H and O–H groups in total. The van der Waals surface area contributed by atoms with Gasteiger partial charge in [-0.25, -0.2) is 9.59 Å². The van der Waals surface area contributed by atoms with E-state index < -0.39 is 35.9 Å². The number of rotatable bonds is 5. The van der Waals surface area contributed by atoms with Crippen LogP contribution in [0.5, 0.6) is 0 Å². The fraction of sp³-hybridized carbons (Fsp3) is 0.444. The first-order valence-corrected chi connectivity index (χ1v) is 8.98. The maximum absolute atomic E-state index is 13.0. The van der Waals surface area contributed by atoms with Gasteiger partial charge in [0.05, 0.1) is 17.2 Å². The van der Waals surface area contributed by atoms with E-state index in [4.69, 9.17) is 21.1 Å². The molecule has 1 aliphatic heterocycles. The molecule has 1 fully saturated rings. The lowest BCUT2D eigenvalue weighted by molar-refractivity contribution is -0.167. The zero-order valence-electron chi connectivity index (χ0n) is 15.1. The third-order valence-corrected chi connectivity index (χ3v) is 4.35. The maximum atomic E-state index is 13.0. The zero-order valence-corrected chi connectivity index (χ0v) is 15.8. The number of nitrogens with zero attached hydrogens (tertiary/aromatic N) is 1. The second kappa shape index (κ2) is 9.48. The number of piperazine rings is 1. The van der Waals surface area contributed by atoms with Crippen molar-refractivity contribution in [3.63, 3.8) is 0 Å². The van der Waals surface area contributed by atoms with Gasteiger partial charge in [-0.15, -0.1) is 0 Å². The summed E-state index contributed by atoms with van der Waals surface area (Å²) in [5.74, 6) is -2.94. The Morgan fingerprint density at radius 3 is 2.52 bits per heavy atom. The summed E-state index contributed by atoms with van der Waals surface area (Å²) in [4.78, 5) is 50.6. The molecule has 1 saturated heterocycles. The van der Waals surface area contributed by atoms with Crippen molar-refractivity contribution in [2.75, 3.05) is 19.7 Å². The van der Waals surface area contributed by atoms with E-state index in [2.05, 4.69) is 5.32 Å². The van der Waals surface area contributed by atoms with Crippen molar-refractivity contribution in [1.29, 1.82) is 0 Å². The van der Waals surface area contributed by atoms with Crippen molar-refractivity contribution in [3.05, 3.63) is 34.9 Å². The largest absolute Gasteiger partial charge is 0.464 e. The molecule has 2 unspecified atom stereocenters. The molecule has 0 spiro atoms. The molecule has 9 heteroatoms. The molecule has 1 aromatic rings. The van der Waals surface area contributed by atoms with Crippen molar-refractivity contribution >= 4 is 35.4 Å². The molecule has 2 rings (SSSR count). The first-order valence-electron chi connectivity index (χ1n) is 8.60. The third kappa shape index (κ3) is 4.84. The Morgan fingerprint density at radius 2 is 1.89 bits per heavy atom. The summed E-state index contributed by atoms with van der Waals surface area (Å²) in [7, 11) is 0. The molecular weight excluding hydrogens is 376 g/mol. The van der Waals surface area contributed by atoms with Crippen LogP contribution in [-0.2, 0) is 23.9 Å². The summed E-state index contributed by atoms with van der Waals surface area (Å²) >= 11 is 6.10. The van der Waals surface area contributed by atoms with Gasteiger partial charge in [0.15, 0.2) is 6.04 Å². The molecule has 1 aliphatic rings. The molecule has 8 nitrogen and oxygen atoms in total. The number of benzene rings is 1. The van der Waals surface area contributed by atoms with Gasteiger partial charge >= 0.3 is 17.9 Å². The second-order valence-electron chi connectivity index (χ2n) is 5.75. The van der Waals surface area contributed by atoms with Crippen molar-refractivity contribution in [2.24, 2.45) is 0 Å². The lowest BCUT2D eigenvalue weighted by Crippen LogP contribution is -2.65. The molecule has 1 amide bonds. The second-order valence-corrected chi connectivity index (χ2v) is 6.16. The van der Waals surface area contributed by atoms with Crippen LogP contribution >= 0.6 is 11.6 Å². The Balaban J connectivity index is 2.35. The number of nitrogens with one attached hydrogen (secondary N) is 1. The van der Waals surface area contributed by atoms with Gasteiger partial charge in [0, 0.05) is 19.5 Å². The predicted octanol–water partition coefficient (Wildman–Crippen LogP) is 1.17. The van der Waals surface area contributed by atoms with Crippen LogP contribution in [0.1, 0.15) is 30.6 Å². The monoisotopic (exact) mass is 396 g/mol. The Labute approximate surface area is 161 Å². The smallest absolute Gasteiger partial charge is 0.333 e. The number of carbonyl (C=O) groups excluding carboxylic acids is 4. The average Bonchev–Trinajstić information content (AvgIpc) is 2.67. The first kappa shape index (κ1) is 20.9. The Bertz CT molecular complexity index is 738. The van der Waals surface area contributed by atoms with Gasteiger partial charge < -0.3 is 19.7 Å². The highest BCUT2D eigenvalue weighted by molar-refractivity contribution is 6.33. The van der Waals surface area contributed by atoms with Crippen molar-refractivity contribution in [3.8, 4) is 0 Å². The standard InChI is InChI=1S/C18H21ClN2O6/c1-3-13(22)27-17(24)14-15(18(25)26-4-2)21(10-9-20-14)16(23)11-7-5-6-8-12(11)19/h5-8,14-15,20H,3-4,9-10H2,1-2H3. The third-order valence-electron chi connectivity index (χ3n) is 4.02. The Hall–Kier alpha value is -2.45. The fourth-order valence-electron chi connectivity index (χ4n) is 2.74. The van der Waals surface area contributed by atoms with Crippen LogP contribution < -0.4 is 5.32 Å². The van der Waals surface area contributed by atoms with Crippen molar-refractivity contribution in [2.45, 2.75) is 32.4 Å². The van der Waals surface area contributed by atoms with Crippen molar-refractivity contribution in [1.82, 2.24) is 10.2 Å². The van der Waals surface area contributed by atoms with Crippen LogP contribution in [0.3, 0.4) is 0 Å². The SMILES string of the molecule is CCOC(=O)C1C(C(=O)OC(=O)CC)NCCN1C(=O)c1ccccc1Cl. The molecular formula is C18H21ClN2O6. The first-order chi connectivity index (χ1) is 12.9. The highest BCUT2D eigenvalue weighted by atomic mass is 35.5. The summed E-state index contributed by atoms with van der Waals surface area (Å²) in [5.41, 5.74) is 0.201. The summed E-state index contributed by atoms with van der Waals surface area (Å²) in [6, 6.07) is 3.91. The molecule has 0 aromatic heterocycles. The highest BCUT2D eigenvalue weighted by Gasteiger charge is 2.45. The quantitative estimate of drug-likeness (QED) is 0.588. The molecule has 0 aliphatic carbocycles. The molecule has 1 aromatic carbocycles. The number of hydrogen-bond donors (Lipinski definition) is 1. The highest BCUT2D eigenvalue weighted by Crippen LogP contribution is 2.22. The van der Waals surface area contributed by atoms with Gasteiger partial charge in [-0.1, -0.05) is 30.7 Å². The topological polar surface area (TPSA) is 102 Å². The fourth-order valence-corrected chi connectivity index (χ4v) is 2.96. The van der Waals surface area contributed by atoms with E-state index in [-0.39, 0.29) is 36.7 Å². The molecule has 0 saturated carbocycles. The number of carbonyl (C=O) groups is 4. The Kier molecular flexibility index (Phi) is 7.32.